The van der Waals surface area contributed by atoms with Gasteiger partial charge in [-0.15, -0.1) is 5.10 Å². The van der Waals surface area contributed by atoms with Gasteiger partial charge in [-0.25, -0.2) is 4.68 Å². The Balaban J connectivity index is 1.86. The largest absolute Gasteiger partial charge is 0.320 e. The highest BCUT2D eigenvalue weighted by atomic mass is 35.5. The van der Waals surface area contributed by atoms with E-state index >= 15 is 0 Å². The van der Waals surface area contributed by atoms with E-state index in [2.05, 4.69) is 15.6 Å². The molecule has 23 heavy (non-hydrogen) atoms. The van der Waals surface area contributed by atoms with Crippen LogP contribution in [0.4, 0.5) is 5.69 Å². The van der Waals surface area contributed by atoms with Crippen LogP contribution in [0.5, 0.6) is 0 Å². The van der Waals surface area contributed by atoms with Gasteiger partial charge >= 0.3 is 0 Å². The van der Waals surface area contributed by atoms with Crippen LogP contribution in [-0.4, -0.2) is 20.9 Å². The zero-order valence-electron chi connectivity index (χ0n) is 12.7. The molecule has 1 N–H and O–H groups in total. The molecule has 0 aliphatic carbocycles. The fraction of sp³-hybridized carbons (Fsp3) is 0.118. The summed E-state index contributed by atoms with van der Waals surface area (Å²) in [5.74, 6) is -0.317. The molecule has 0 saturated heterocycles. The third kappa shape index (κ3) is 3.24. The van der Waals surface area contributed by atoms with E-state index in [1.165, 1.54) is 0 Å². The second kappa shape index (κ2) is 6.22. The fourth-order valence-corrected chi connectivity index (χ4v) is 2.42. The fourth-order valence-electron chi connectivity index (χ4n) is 2.23. The molecule has 0 bridgehead atoms. The highest BCUT2D eigenvalue weighted by molar-refractivity contribution is 6.30. The minimum absolute atomic E-state index is 0.283. The first kappa shape index (κ1) is 15.2. The maximum atomic E-state index is 12.4. The van der Waals surface area contributed by atoms with Crippen LogP contribution in [0.2, 0.25) is 5.02 Å². The average Bonchev–Trinajstić information content (AvgIpc) is 2.90. The molecule has 0 aliphatic rings. The normalized spacial score (nSPS) is 10.6. The molecule has 0 radical (unpaired) electrons. The molecule has 3 rings (SSSR count). The quantitative estimate of drug-likeness (QED) is 0.796. The van der Waals surface area contributed by atoms with Gasteiger partial charge < -0.3 is 5.32 Å². The van der Waals surface area contributed by atoms with Crippen molar-refractivity contribution in [3.8, 4) is 5.69 Å². The third-order valence-corrected chi connectivity index (χ3v) is 3.71. The number of benzene rings is 2. The lowest BCUT2D eigenvalue weighted by molar-refractivity contribution is 0.102. The van der Waals surface area contributed by atoms with Crippen molar-refractivity contribution >= 4 is 23.2 Å². The standard InChI is InChI=1S/C17H15ClN4O/c1-11-6-8-15(9-7-11)22-12(2)16(20-21-22)17(23)19-14-5-3-4-13(18)10-14/h3-10H,1-2H3,(H,19,23). The minimum atomic E-state index is -0.317. The van der Waals surface area contributed by atoms with E-state index in [1.54, 1.807) is 28.9 Å². The third-order valence-electron chi connectivity index (χ3n) is 3.47. The summed E-state index contributed by atoms with van der Waals surface area (Å²) in [6.07, 6.45) is 0. The summed E-state index contributed by atoms with van der Waals surface area (Å²) in [4.78, 5) is 12.4. The van der Waals surface area contributed by atoms with Gasteiger partial charge in [-0.2, -0.15) is 0 Å². The monoisotopic (exact) mass is 326 g/mol. The number of nitrogens with one attached hydrogen (secondary N) is 1. The van der Waals surface area contributed by atoms with Crippen LogP contribution in [0, 0.1) is 13.8 Å². The number of aryl methyl sites for hydroxylation is 1. The van der Waals surface area contributed by atoms with Crippen LogP contribution in [0.3, 0.4) is 0 Å². The van der Waals surface area contributed by atoms with Gasteiger partial charge in [-0.05, 0) is 44.2 Å². The van der Waals surface area contributed by atoms with E-state index in [-0.39, 0.29) is 11.6 Å². The summed E-state index contributed by atoms with van der Waals surface area (Å²) in [5, 5.41) is 11.4. The zero-order valence-corrected chi connectivity index (χ0v) is 13.5. The first-order chi connectivity index (χ1) is 11.0. The van der Waals surface area contributed by atoms with Crippen LogP contribution in [0.25, 0.3) is 5.69 Å². The molecule has 1 aromatic heterocycles. The predicted molar refractivity (Wildman–Crippen MR) is 90.2 cm³/mol. The molecule has 2 aromatic carbocycles. The first-order valence-corrected chi connectivity index (χ1v) is 7.48. The van der Waals surface area contributed by atoms with E-state index < -0.39 is 0 Å². The Labute approximate surface area is 138 Å². The molecule has 0 aliphatic heterocycles. The van der Waals surface area contributed by atoms with Crippen LogP contribution in [0.15, 0.2) is 48.5 Å². The molecule has 0 atom stereocenters. The number of rotatable bonds is 3. The van der Waals surface area contributed by atoms with Gasteiger partial charge in [0.25, 0.3) is 5.91 Å². The highest BCUT2D eigenvalue weighted by Crippen LogP contribution is 2.17. The maximum Gasteiger partial charge on any atom is 0.278 e. The molecular formula is C17H15ClN4O. The van der Waals surface area contributed by atoms with E-state index in [9.17, 15) is 4.79 Å². The maximum absolute atomic E-state index is 12.4. The van der Waals surface area contributed by atoms with Gasteiger partial charge in [0.1, 0.15) is 0 Å². The minimum Gasteiger partial charge on any atom is -0.320 e. The Morgan fingerprint density at radius 3 is 2.57 bits per heavy atom. The number of hydrogen-bond donors (Lipinski definition) is 1. The van der Waals surface area contributed by atoms with Crippen LogP contribution in [0.1, 0.15) is 21.7 Å². The Morgan fingerprint density at radius 1 is 1.13 bits per heavy atom. The van der Waals surface area contributed by atoms with Crippen LogP contribution >= 0.6 is 11.6 Å². The van der Waals surface area contributed by atoms with E-state index in [4.69, 9.17) is 11.6 Å². The van der Waals surface area contributed by atoms with Gasteiger partial charge in [0.2, 0.25) is 0 Å². The molecule has 5 nitrogen and oxygen atoms in total. The molecule has 0 fully saturated rings. The van der Waals surface area contributed by atoms with Crippen molar-refractivity contribution in [1.29, 1.82) is 0 Å². The second-order valence-corrected chi connectivity index (χ2v) is 5.67. The van der Waals surface area contributed by atoms with Crippen molar-refractivity contribution in [1.82, 2.24) is 15.0 Å². The summed E-state index contributed by atoms with van der Waals surface area (Å²) in [5.41, 5.74) is 3.60. The van der Waals surface area contributed by atoms with Crippen LogP contribution < -0.4 is 5.32 Å². The number of anilines is 1. The van der Waals surface area contributed by atoms with Gasteiger partial charge in [0.05, 0.1) is 11.4 Å². The molecule has 1 amide bonds. The molecule has 1 heterocycles. The van der Waals surface area contributed by atoms with Gasteiger partial charge in [-0.1, -0.05) is 40.6 Å². The second-order valence-electron chi connectivity index (χ2n) is 5.24. The Kier molecular flexibility index (Phi) is 4.12. The number of carbonyl (C=O) groups excluding carboxylic acids is 1. The lowest BCUT2D eigenvalue weighted by Gasteiger charge is -2.05. The number of halogens is 1. The molecule has 0 saturated carbocycles. The molecule has 6 heteroatoms. The predicted octanol–water partition coefficient (Wildman–Crippen LogP) is 3.79. The van der Waals surface area contributed by atoms with Gasteiger partial charge in [0, 0.05) is 10.7 Å². The zero-order chi connectivity index (χ0) is 16.4. The molecular weight excluding hydrogens is 312 g/mol. The summed E-state index contributed by atoms with van der Waals surface area (Å²) in [6, 6.07) is 14.8. The topological polar surface area (TPSA) is 59.8 Å². The summed E-state index contributed by atoms with van der Waals surface area (Å²) < 4.78 is 1.65. The van der Waals surface area contributed by atoms with E-state index in [0.29, 0.717) is 16.4 Å². The van der Waals surface area contributed by atoms with Gasteiger partial charge in [0.15, 0.2) is 5.69 Å². The average molecular weight is 327 g/mol. The number of carbonyl (C=O) groups is 1. The summed E-state index contributed by atoms with van der Waals surface area (Å²) in [7, 11) is 0. The Morgan fingerprint density at radius 2 is 1.87 bits per heavy atom. The Bertz CT molecular complexity index is 855. The Hall–Kier alpha value is -2.66. The number of aromatic nitrogens is 3. The molecule has 0 spiro atoms. The smallest absolute Gasteiger partial charge is 0.278 e. The highest BCUT2D eigenvalue weighted by Gasteiger charge is 2.17. The number of amides is 1. The van der Waals surface area contributed by atoms with Crippen molar-refractivity contribution < 1.29 is 4.79 Å². The summed E-state index contributed by atoms with van der Waals surface area (Å²) in [6.45, 7) is 3.83. The molecule has 116 valence electrons. The van der Waals surface area contributed by atoms with Crippen LogP contribution in [-0.2, 0) is 0 Å². The number of hydrogen-bond acceptors (Lipinski definition) is 3. The van der Waals surface area contributed by atoms with Crippen molar-refractivity contribution in [3.05, 3.63) is 70.5 Å². The van der Waals surface area contributed by atoms with E-state index in [0.717, 1.165) is 11.3 Å². The molecule has 0 unspecified atom stereocenters. The van der Waals surface area contributed by atoms with Crippen molar-refractivity contribution in [2.24, 2.45) is 0 Å². The van der Waals surface area contributed by atoms with Gasteiger partial charge in [-0.3, -0.25) is 4.79 Å². The SMILES string of the molecule is Cc1ccc(-n2nnc(C(=O)Nc3cccc(Cl)c3)c2C)cc1. The lowest BCUT2D eigenvalue weighted by atomic mass is 10.2. The lowest BCUT2D eigenvalue weighted by Crippen LogP contribution is -2.14. The molecule has 3 aromatic rings. The van der Waals surface area contributed by atoms with Crippen molar-refractivity contribution in [3.63, 3.8) is 0 Å². The van der Waals surface area contributed by atoms with Crippen molar-refractivity contribution in [2.75, 3.05) is 5.32 Å². The summed E-state index contributed by atoms with van der Waals surface area (Å²) >= 11 is 5.92. The van der Waals surface area contributed by atoms with Crippen molar-refractivity contribution in [2.45, 2.75) is 13.8 Å². The van der Waals surface area contributed by atoms with E-state index in [1.807, 2.05) is 38.1 Å². The first-order valence-electron chi connectivity index (χ1n) is 7.11. The number of nitrogens with zero attached hydrogens (tertiary/aromatic N) is 3.